The van der Waals surface area contributed by atoms with Crippen molar-refractivity contribution in [1.82, 2.24) is 5.32 Å². The number of carbonyl (C=O) groups is 1. The van der Waals surface area contributed by atoms with Crippen molar-refractivity contribution in [1.29, 1.82) is 0 Å². The number of hydrogen-bond donors (Lipinski definition) is 1. The Kier molecular flexibility index (Phi) is 7.87. The fraction of sp³-hybridized carbons (Fsp3) is 0.269. The van der Waals surface area contributed by atoms with Gasteiger partial charge in [0.15, 0.2) is 0 Å². The fourth-order valence-electron chi connectivity index (χ4n) is 3.57. The predicted molar refractivity (Wildman–Crippen MR) is 129 cm³/mol. The van der Waals surface area contributed by atoms with Crippen LogP contribution in [0.15, 0.2) is 83.8 Å². The summed E-state index contributed by atoms with van der Waals surface area (Å²) < 4.78 is 41.4. The first-order valence-electron chi connectivity index (χ1n) is 10.9. The lowest BCUT2D eigenvalue weighted by Crippen LogP contribution is -2.42. The van der Waals surface area contributed by atoms with Crippen LogP contribution in [0.5, 0.6) is 0 Å². The molecule has 5 nitrogen and oxygen atoms in total. The molecule has 0 aliphatic heterocycles. The summed E-state index contributed by atoms with van der Waals surface area (Å²) >= 11 is 0. The Labute approximate surface area is 195 Å². The number of aryl methyl sites for hydroxylation is 1. The van der Waals surface area contributed by atoms with E-state index in [0.29, 0.717) is 12.3 Å². The first-order valence-corrected chi connectivity index (χ1v) is 12.3. The minimum absolute atomic E-state index is 0.0621. The van der Waals surface area contributed by atoms with E-state index in [1.54, 1.807) is 12.1 Å². The molecular formula is C26H29FN2O3S. The summed E-state index contributed by atoms with van der Waals surface area (Å²) in [5.41, 5.74) is 2.08. The summed E-state index contributed by atoms with van der Waals surface area (Å²) in [4.78, 5) is 13.2. The van der Waals surface area contributed by atoms with Gasteiger partial charge in [0.1, 0.15) is 12.4 Å². The normalized spacial score (nSPS) is 12.4. The number of amides is 1. The second-order valence-corrected chi connectivity index (χ2v) is 10.3. The van der Waals surface area contributed by atoms with Crippen molar-refractivity contribution in [2.24, 2.45) is 5.92 Å². The molecule has 0 saturated carbocycles. The molecule has 3 rings (SSSR count). The third-order valence-corrected chi connectivity index (χ3v) is 7.04. The maximum Gasteiger partial charge on any atom is 0.264 e. The molecule has 1 atom stereocenters. The molecule has 3 aromatic rings. The number of nitrogens with one attached hydrogen (secondary N) is 1. The molecule has 0 aliphatic carbocycles. The Bertz CT molecular complexity index is 1160. The average Bonchev–Trinajstić information content (AvgIpc) is 2.78. The van der Waals surface area contributed by atoms with Gasteiger partial charge >= 0.3 is 0 Å². The van der Waals surface area contributed by atoms with Crippen LogP contribution in [-0.2, 0) is 14.8 Å². The third kappa shape index (κ3) is 6.42. The van der Waals surface area contributed by atoms with Crippen LogP contribution in [0.3, 0.4) is 0 Å². The van der Waals surface area contributed by atoms with Crippen LogP contribution in [0.4, 0.5) is 10.1 Å². The smallest absolute Gasteiger partial charge is 0.264 e. The van der Waals surface area contributed by atoms with Crippen molar-refractivity contribution in [2.45, 2.75) is 38.1 Å². The van der Waals surface area contributed by atoms with Crippen molar-refractivity contribution < 1.29 is 17.6 Å². The number of sulfonamides is 1. The van der Waals surface area contributed by atoms with Gasteiger partial charge in [-0.15, -0.1) is 0 Å². The zero-order valence-electron chi connectivity index (χ0n) is 19.0. The molecule has 0 aliphatic rings. The van der Waals surface area contributed by atoms with Crippen LogP contribution in [-0.4, -0.2) is 20.9 Å². The van der Waals surface area contributed by atoms with E-state index in [1.165, 1.54) is 36.4 Å². The summed E-state index contributed by atoms with van der Waals surface area (Å²) in [6.07, 6.45) is 0.705. The first kappa shape index (κ1) is 24.5. The highest BCUT2D eigenvalue weighted by Gasteiger charge is 2.28. The third-order valence-electron chi connectivity index (χ3n) is 5.26. The molecule has 0 unspecified atom stereocenters. The lowest BCUT2D eigenvalue weighted by molar-refractivity contribution is -0.120. The largest absolute Gasteiger partial charge is 0.348 e. The second kappa shape index (κ2) is 10.6. The van der Waals surface area contributed by atoms with E-state index in [1.807, 2.05) is 37.3 Å². The van der Waals surface area contributed by atoms with Crippen molar-refractivity contribution >= 4 is 21.6 Å². The molecule has 0 fully saturated rings. The van der Waals surface area contributed by atoms with E-state index in [0.717, 1.165) is 15.4 Å². The molecule has 0 heterocycles. The zero-order chi connectivity index (χ0) is 24.0. The molecule has 0 saturated heterocycles. The van der Waals surface area contributed by atoms with E-state index in [9.17, 15) is 17.6 Å². The maximum atomic E-state index is 13.5. The number of anilines is 1. The average molecular weight is 469 g/mol. The summed E-state index contributed by atoms with van der Waals surface area (Å²) in [5, 5.41) is 2.99. The van der Waals surface area contributed by atoms with Crippen molar-refractivity contribution in [3.05, 3.63) is 95.8 Å². The standard InChI is InChI=1S/C26H29FN2O3S/c1-19(2)17-25(21-7-5-4-6-8-21)28-26(30)18-29(23-13-11-22(27)12-14-23)33(31,32)24-15-9-20(3)10-16-24/h4-16,19,25H,17-18H2,1-3H3,(H,28,30)/t25-/m1/s1. The van der Waals surface area contributed by atoms with Crippen LogP contribution in [0.2, 0.25) is 0 Å². The molecule has 0 spiro atoms. The van der Waals surface area contributed by atoms with Gasteiger partial charge in [0.2, 0.25) is 5.91 Å². The summed E-state index contributed by atoms with van der Waals surface area (Å²) in [6, 6.07) is 20.8. The monoisotopic (exact) mass is 468 g/mol. The van der Waals surface area contributed by atoms with Gasteiger partial charge in [-0.25, -0.2) is 12.8 Å². The van der Waals surface area contributed by atoms with Crippen LogP contribution in [0.25, 0.3) is 0 Å². The Hall–Kier alpha value is -3.19. The molecule has 1 N–H and O–H groups in total. The Morgan fingerprint density at radius 1 is 0.939 bits per heavy atom. The topological polar surface area (TPSA) is 66.5 Å². The maximum absolute atomic E-state index is 13.5. The number of benzene rings is 3. The van der Waals surface area contributed by atoms with E-state index in [2.05, 4.69) is 19.2 Å². The van der Waals surface area contributed by atoms with Gasteiger partial charge < -0.3 is 5.32 Å². The summed E-state index contributed by atoms with van der Waals surface area (Å²) in [7, 11) is -4.05. The number of nitrogens with zero attached hydrogens (tertiary/aromatic N) is 1. The van der Waals surface area contributed by atoms with Crippen molar-refractivity contribution in [3.63, 3.8) is 0 Å². The van der Waals surface area contributed by atoms with Crippen LogP contribution < -0.4 is 9.62 Å². The zero-order valence-corrected chi connectivity index (χ0v) is 19.8. The minimum Gasteiger partial charge on any atom is -0.348 e. The highest BCUT2D eigenvalue weighted by atomic mass is 32.2. The quantitative estimate of drug-likeness (QED) is 0.467. The SMILES string of the molecule is Cc1ccc(S(=O)(=O)N(CC(=O)N[C@H](CC(C)C)c2ccccc2)c2ccc(F)cc2)cc1. The number of halogens is 1. The van der Waals surface area contributed by atoms with E-state index < -0.39 is 28.3 Å². The lowest BCUT2D eigenvalue weighted by atomic mass is 9.97. The van der Waals surface area contributed by atoms with Gasteiger partial charge in [-0.3, -0.25) is 9.10 Å². The second-order valence-electron chi connectivity index (χ2n) is 8.46. The molecular weight excluding hydrogens is 439 g/mol. The fourth-order valence-corrected chi connectivity index (χ4v) is 4.99. The van der Waals surface area contributed by atoms with E-state index >= 15 is 0 Å². The first-order chi connectivity index (χ1) is 15.7. The molecule has 174 valence electrons. The number of hydrogen-bond acceptors (Lipinski definition) is 3. The lowest BCUT2D eigenvalue weighted by Gasteiger charge is -2.26. The van der Waals surface area contributed by atoms with Gasteiger partial charge in [0.05, 0.1) is 16.6 Å². The Morgan fingerprint density at radius 3 is 2.12 bits per heavy atom. The van der Waals surface area contributed by atoms with Crippen LogP contribution in [0, 0.1) is 18.7 Å². The van der Waals surface area contributed by atoms with Gasteiger partial charge in [-0.1, -0.05) is 61.9 Å². The molecule has 33 heavy (non-hydrogen) atoms. The van der Waals surface area contributed by atoms with Gasteiger partial charge in [-0.05, 0) is 61.2 Å². The van der Waals surface area contributed by atoms with Crippen molar-refractivity contribution in [2.75, 3.05) is 10.8 Å². The van der Waals surface area contributed by atoms with Gasteiger partial charge in [0, 0.05) is 0 Å². The van der Waals surface area contributed by atoms with Crippen molar-refractivity contribution in [3.8, 4) is 0 Å². The number of carbonyl (C=O) groups excluding carboxylic acids is 1. The highest BCUT2D eigenvalue weighted by Crippen LogP contribution is 2.25. The molecule has 0 aromatic heterocycles. The van der Waals surface area contributed by atoms with Crippen LogP contribution in [0.1, 0.15) is 37.4 Å². The molecule has 0 radical (unpaired) electrons. The van der Waals surface area contributed by atoms with Gasteiger partial charge in [-0.2, -0.15) is 0 Å². The minimum atomic E-state index is -4.05. The molecule has 0 bridgehead atoms. The highest BCUT2D eigenvalue weighted by molar-refractivity contribution is 7.92. The Morgan fingerprint density at radius 2 is 1.55 bits per heavy atom. The van der Waals surface area contributed by atoms with E-state index in [4.69, 9.17) is 0 Å². The molecule has 7 heteroatoms. The molecule has 3 aromatic carbocycles. The summed E-state index contributed by atoms with van der Waals surface area (Å²) in [5.74, 6) is -0.610. The van der Waals surface area contributed by atoms with Crippen LogP contribution >= 0.6 is 0 Å². The Balaban J connectivity index is 1.91. The number of rotatable bonds is 9. The predicted octanol–water partition coefficient (Wildman–Crippen LogP) is 5.23. The molecule has 1 amide bonds. The van der Waals surface area contributed by atoms with Gasteiger partial charge in [0.25, 0.3) is 10.0 Å². The van der Waals surface area contributed by atoms with E-state index in [-0.39, 0.29) is 16.6 Å². The summed E-state index contributed by atoms with van der Waals surface area (Å²) in [6.45, 7) is 5.56.